The zero-order chi connectivity index (χ0) is 21.1. The van der Waals surface area contributed by atoms with E-state index in [-0.39, 0.29) is 11.4 Å². The molecule has 6 nitrogen and oxygen atoms in total. The number of fused-ring (bicyclic) bond motifs is 1. The van der Waals surface area contributed by atoms with Gasteiger partial charge in [-0.1, -0.05) is 24.3 Å². The third kappa shape index (κ3) is 3.65. The molecule has 150 valence electrons. The van der Waals surface area contributed by atoms with Crippen molar-refractivity contribution in [1.82, 2.24) is 9.66 Å². The molecule has 0 N–H and O–H groups in total. The number of halogens is 1. The lowest BCUT2D eigenvalue weighted by Gasteiger charge is -2.12. The lowest BCUT2D eigenvalue weighted by molar-refractivity contribution is 0.355. The van der Waals surface area contributed by atoms with E-state index in [1.165, 1.54) is 30.1 Å². The summed E-state index contributed by atoms with van der Waals surface area (Å²) in [5.74, 6) is 0.993. The average molecular weight is 403 g/mol. The molecule has 7 heteroatoms. The second-order valence-electron chi connectivity index (χ2n) is 6.44. The molecular formula is C23H18FN3O3. The van der Waals surface area contributed by atoms with Crippen LogP contribution in [0.15, 0.2) is 76.6 Å². The molecule has 0 unspecified atom stereocenters. The molecule has 0 fully saturated rings. The molecule has 0 aliphatic carbocycles. The summed E-state index contributed by atoms with van der Waals surface area (Å²) in [6.45, 7) is 0. The van der Waals surface area contributed by atoms with Crippen molar-refractivity contribution in [2.24, 2.45) is 5.10 Å². The highest BCUT2D eigenvalue weighted by molar-refractivity contribution is 5.82. The van der Waals surface area contributed by atoms with Crippen molar-refractivity contribution in [2.45, 2.75) is 0 Å². The van der Waals surface area contributed by atoms with Gasteiger partial charge in [0.15, 0.2) is 17.3 Å². The minimum atomic E-state index is -0.386. The smallest absolute Gasteiger partial charge is 0.282 e. The quantitative estimate of drug-likeness (QED) is 0.471. The van der Waals surface area contributed by atoms with Gasteiger partial charge in [-0.05, 0) is 48.0 Å². The Morgan fingerprint density at radius 2 is 1.77 bits per heavy atom. The summed E-state index contributed by atoms with van der Waals surface area (Å²) in [5, 5.41) is 4.75. The van der Waals surface area contributed by atoms with Gasteiger partial charge >= 0.3 is 0 Å². The summed E-state index contributed by atoms with van der Waals surface area (Å²) >= 11 is 0. The highest BCUT2D eigenvalue weighted by Gasteiger charge is 2.14. The SMILES string of the molecule is COc1ccc(-c2nc3ccccc3c(=O)n2N=Cc2cccc(F)c2)cc1OC. The fourth-order valence-corrected chi connectivity index (χ4v) is 3.10. The van der Waals surface area contributed by atoms with E-state index in [1.54, 1.807) is 55.6 Å². The van der Waals surface area contributed by atoms with Gasteiger partial charge in [0.05, 0.1) is 31.3 Å². The first-order valence-corrected chi connectivity index (χ1v) is 9.15. The minimum absolute atomic E-state index is 0.326. The third-order valence-corrected chi connectivity index (χ3v) is 4.57. The summed E-state index contributed by atoms with van der Waals surface area (Å²) in [4.78, 5) is 17.8. The van der Waals surface area contributed by atoms with Gasteiger partial charge in [0, 0.05) is 5.56 Å². The van der Waals surface area contributed by atoms with Crippen molar-refractivity contribution >= 4 is 17.1 Å². The number of methoxy groups -OCH3 is 2. The van der Waals surface area contributed by atoms with Crippen molar-refractivity contribution in [3.8, 4) is 22.9 Å². The molecule has 0 spiro atoms. The molecule has 4 aromatic rings. The molecule has 3 aromatic carbocycles. The molecule has 1 heterocycles. The van der Waals surface area contributed by atoms with Crippen LogP contribution in [-0.2, 0) is 0 Å². The van der Waals surface area contributed by atoms with Crippen LogP contribution in [-0.4, -0.2) is 30.1 Å². The number of hydrogen-bond acceptors (Lipinski definition) is 5. The zero-order valence-corrected chi connectivity index (χ0v) is 16.4. The molecule has 1 aromatic heterocycles. The first kappa shape index (κ1) is 19.3. The number of hydrogen-bond donors (Lipinski definition) is 0. The van der Waals surface area contributed by atoms with Gasteiger partial charge in [-0.2, -0.15) is 9.78 Å². The normalized spacial score (nSPS) is 11.2. The molecule has 0 aliphatic heterocycles. The van der Waals surface area contributed by atoms with Crippen molar-refractivity contribution in [1.29, 1.82) is 0 Å². The molecule has 0 amide bonds. The van der Waals surface area contributed by atoms with Crippen LogP contribution in [0.1, 0.15) is 5.56 Å². The van der Waals surface area contributed by atoms with Crippen LogP contribution >= 0.6 is 0 Å². The van der Waals surface area contributed by atoms with Gasteiger partial charge in [-0.25, -0.2) is 9.37 Å². The minimum Gasteiger partial charge on any atom is -0.493 e. The van der Waals surface area contributed by atoms with Gasteiger partial charge < -0.3 is 9.47 Å². The predicted octanol–water partition coefficient (Wildman–Crippen LogP) is 4.10. The second-order valence-corrected chi connectivity index (χ2v) is 6.44. The Morgan fingerprint density at radius 1 is 0.967 bits per heavy atom. The van der Waals surface area contributed by atoms with Crippen LogP contribution in [0, 0.1) is 5.82 Å². The van der Waals surface area contributed by atoms with Crippen LogP contribution in [0.2, 0.25) is 0 Å². The maximum absolute atomic E-state index is 13.5. The summed E-state index contributed by atoms with van der Waals surface area (Å²) in [6, 6.07) is 18.2. The van der Waals surface area contributed by atoms with Crippen LogP contribution in [0.3, 0.4) is 0 Å². The Morgan fingerprint density at radius 3 is 2.53 bits per heavy atom. The van der Waals surface area contributed by atoms with Crippen LogP contribution < -0.4 is 15.0 Å². The molecule has 0 bridgehead atoms. The maximum Gasteiger partial charge on any atom is 0.282 e. The average Bonchev–Trinajstić information content (AvgIpc) is 2.78. The number of benzene rings is 3. The topological polar surface area (TPSA) is 65.7 Å². The Kier molecular flexibility index (Phi) is 5.26. The highest BCUT2D eigenvalue weighted by atomic mass is 19.1. The molecular weight excluding hydrogens is 385 g/mol. The second kappa shape index (κ2) is 8.16. The summed E-state index contributed by atoms with van der Waals surface area (Å²) in [6.07, 6.45) is 1.42. The van der Waals surface area contributed by atoms with Gasteiger partial charge in [-0.3, -0.25) is 4.79 Å². The molecule has 0 radical (unpaired) electrons. The standard InChI is InChI=1S/C23H18FN3O3/c1-29-20-11-10-16(13-21(20)30-2)22-26-19-9-4-3-8-18(19)23(28)27(22)25-14-15-6-5-7-17(24)12-15/h3-14H,1-2H3. The van der Waals surface area contributed by atoms with Crippen LogP contribution in [0.25, 0.3) is 22.3 Å². The first-order chi connectivity index (χ1) is 14.6. The summed E-state index contributed by atoms with van der Waals surface area (Å²) in [5.41, 5.74) is 1.35. The van der Waals surface area contributed by atoms with Crippen molar-refractivity contribution < 1.29 is 13.9 Å². The van der Waals surface area contributed by atoms with E-state index in [9.17, 15) is 9.18 Å². The van der Waals surface area contributed by atoms with Crippen LogP contribution in [0.5, 0.6) is 11.5 Å². The van der Waals surface area contributed by atoms with Gasteiger partial charge in [0.1, 0.15) is 5.82 Å². The van der Waals surface area contributed by atoms with Gasteiger partial charge in [-0.15, -0.1) is 0 Å². The van der Waals surface area contributed by atoms with Crippen molar-refractivity contribution in [3.63, 3.8) is 0 Å². The highest BCUT2D eigenvalue weighted by Crippen LogP contribution is 2.31. The number of rotatable bonds is 5. The first-order valence-electron chi connectivity index (χ1n) is 9.15. The Balaban J connectivity index is 1.94. The predicted molar refractivity (Wildman–Crippen MR) is 114 cm³/mol. The van der Waals surface area contributed by atoms with Crippen LogP contribution in [0.4, 0.5) is 4.39 Å². The molecule has 0 saturated carbocycles. The number of aromatic nitrogens is 2. The molecule has 4 rings (SSSR count). The monoisotopic (exact) mass is 403 g/mol. The third-order valence-electron chi connectivity index (χ3n) is 4.57. The lowest BCUT2D eigenvalue weighted by atomic mass is 10.1. The van der Waals surface area contributed by atoms with E-state index in [0.29, 0.717) is 39.4 Å². The number of nitrogens with zero attached hydrogens (tertiary/aromatic N) is 3. The van der Waals surface area contributed by atoms with E-state index < -0.39 is 0 Å². The largest absolute Gasteiger partial charge is 0.493 e. The maximum atomic E-state index is 13.5. The molecule has 0 aliphatic rings. The van der Waals surface area contributed by atoms with E-state index in [2.05, 4.69) is 10.1 Å². The van der Waals surface area contributed by atoms with Gasteiger partial charge in [0.2, 0.25) is 0 Å². The van der Waals surface area contributed by atoms with E-state index >= 15 is 0 Å². The lowest BCUT2D eigenvalue weighted by Crippen LogP contribution is -2.20. The fourth-order valence-electron chi connectivity index (χ4n) is 3.10. The molecule has 30 heavy (non-hydrogen) atoms. The van der Waals surface area contributed by atoms with Gasteiger partial charge in [0.25, 0.3) is 5.56 Å². The van der Waals surface area contributed by atoms with Crippen molar-refractivity contribution in [2.75, 3.05) is 14.2 Å². The Labute approximate surface area is 171 Å². The van der Waals surface area contributed by atoms with E-state index in [0.717, 1.165) is 0 Å². The zero-order valence-electron chi connectivity index (χ0n) is 16.4. The Hall–Kier alpha value is -4.00. The fraction of sp³-hybridized carbons (Fsp3) is 0.0870. The molecule has 0 saturated heterocycles. The Bertz CT molecular complexity index is 1310. The van der Waals surface area contributed by atoms with Crippen molar-refractivity contribution in [3.05, 3.63) is 88.5 Å². The van der Waals surface area contributed by atoms with E-state index in [4.69, 9.17) is 9.47 Å². The number of para-hydroxylation sites is 1. The number of ether oxygens (including phenoxy) is 2. The summed E-state index contributed by atoms with van der Waals surface area (Å²) in [7, 11) is 3.08. The molecule has 0 atom stereocenters. The summed E-state index contributed by atoms with van der Waals surface area (Å²) < 4.78 is 25.4. The van der Waals surface area contributed by atoms with E-state index in [1.807, 2.05) is 6.07 Å².